The van der Waals surface area contributed by atoms with Crippen LogP contribution < -0.4 is 10.6 Å². The van der Waals surface area contributed by atoms with Gasteiger partial charge >= 0.3 is 12.0 Å². The number of esters is 1. The Hall–Kier alpha value is -5.08. The van der Waals surface area contributed by atoms with Gasteiger partial charge in [-0.2, -0.15) is 0 Å². The van der Waals surface area contributed by atoms with Gasteiger partial charge in [-0.3, -0.25) is 0 Å². The number of hydrogen-bond donors (Lipinski definition) is 3. The molecule has 12 nitrogen and oxygen atoms in total. The van der Waals surface area contributed by atoms with E-state index in [1.54, 1.807) is 4.68 Å². The number of aryl methyl sites for hydroxylation is 1. The quantitative estimate of drug-likeness (QED) is 0.105. The zero-order valence-corrected chi connectivity index (χ0v) is 30.0. The van der Waals surface area contributed by atoms with Crippen LogP contribution in [0.2, 0.25) is 0 Å². The lowest BCUT2D eigenvalue weighted by atomic mass is 9.91. The van der Waals surface area contributed by atoms with E-state index in [2.05, 4.69) is 33.1 Å². The van der Waals surface area contributed by atoms with Crippen LogP contribution in [0.3, 0.4) is 0 Å². The highest BCUT2D eigenvalue weighted by Gasteiger charge is 2.38. The van der Waals surface area contributed by atoms with Gasteiger partial charge in [-0.1, -0.05) is 116 Å². The van der Waals surface area contributed by atoms with E-state index in [4.69, 9.17) is 14.2 Å². The second-order valence-corrected chi connectivity index (χ2v) is 13.6. The smallest absolute Gasteiger partial charge is 0.328 e. The number of methoxy groups -OCH3 is 1. The number of aromatic nitrogens is 4. The number of urea groups is 1. The molecular weight excluding hydrogens is 681 g/mol. The molecule has 0 saturated carbocycles. The Morgan fingerprint density at radius 2 is 1.63 bits per heavy atom. The van der Waals surface area contributed by atoms with Crippen LogP contribution in [0.15, 0.2) is 108 Å². The van der Waals surface area contributed by atoms with E-state index in [9.17, 15) is 14.7 Å². The van der Waals surface area contributed by atoms with Gasteiger partial charge in [0.05, 0.1) is 25.9 Å². The van der Waals surface area contributed by atoms with Gasteiger partial charge in [-0.15, -0.1) is 5.10 Å². The predicted octanol–water partition coefficient (Wildman–Crippen LogP) is 5.54. The molecule has 4 aromatic carbocycles. The molecule has 5 aromatic rings. The molecule has 1 aliphatic heterocycles. The van der Waals surface area contributed by atoms with Crippen molar-refractivity contribution in [1.82, 2.24) is 30.8 Å². The summed E-state index contributed by atoms with van der Waals surface area (Å²) in [5, 5.41) is 27.7. The van der Waals surface area contributed by atoms with Crippen LogP contribution >= 0.6 is 11.8 Å². The Kier molecular flexibility index (Phi) is 12.3. The molecule has 13 heteroatoms. The number of aliphatic hydroxyl groups is 1. The van der Waals surface area contributed by atoms with Crippen molar-refractivity contribution in [3.05, 3.63) is 131 Å². The molecule has 0 bridgehead atoms. The standard InChI is InChI=1S/C39H42N6O6S/c1-25-34(24-52-39-42-43-44-45(39)2)50-37(51-35(25)30-14-12-27(23-46)13-15-30)31-18-16-29(17-19-31)32-11-7-10-28(20-32)22-40-38(48)41-33(36(47)49-3)21-26-8-5-4-6-9-26/h4-20,25,33-35,37,46H,21-24H2,1-3H3,(H2,40,41,48). The lowest BCUT2D eigenvalue weighted by Gasteiger charge is -2.41. The van der Waals surface area contributed by atoms with Gasteiger partial charge < -0.3 is 30.0 Å². The Bertz CT molecular complexity index is 1920. The second kappa shape index (κ2) is 17.4. The van der Waals surface area contributed by atoms with Crippen molar-refractivity contribution in [3.63, 3.8) is 0 Å². The lowest BCUT2D eigenvalue weighted by Crippen LogP contribution is -2.47. The van der Waals surface area contributed by atoms with Gasteiger partial charge in [0.15, 0.2) is 6.29 Å². The zero-order valence-electron chi connectivity index (χ0n) is 29.2. The van der Waals surface area contributed by atoms with Gasteiger partial charge in [0.25, 0.3) is 0 Å². The van der Waals surface area contributed by atoms with Crippen LogP contribution in [-0.2, 0) is 45.6 Å². The van der Waals surface area contributed by atoms with E-state index in [0.717, 1.165) is 38.9 Å². The second-order valence-electron chi connectivity index (χ2n) is 12.6. The number of carbonyl (C=O) groups is 2. The van der Waals surface area contributed by atoms with Crippen molar-refractivity contribution in [3.8, 4) is 11.1 Å². The first-order chi connectivity index (χ1) is 25.3. The van der Waals surface area contributed by atoms with E-state index in [1.165, 1.54) is 18.9 Å². The highest BCUT2D eigenvalue weighted by atomic mass is 32.2. The van der Waals surface area contributed by atoms with Crippen LogP contribution in [0.5, 0.6) is 0 Å². The summed E-state index contributed by atoms with van der Waals surface area (Å²) in [4.78, 5) is 25.2. The maximum absolute atomic E-state index is 12.8. The highest BCUT2D eigenvalue weighted by Crippen LogP contribution is 2.43. The third-order valence-corrected chi connectivity index (χ3v) is 10.2. The number of hydrogen-bond acceptors (Lipinski definition) is 10. The first-order valence-electron chi connectivity index (χ1n) is 17.0. The number of benzene rings is 4. The Morgan fingerprint density at radius 3 is 2.33 bits per heavy atom. The molecule has 270 valence electrons. The molecule has 2 heterocycles. The molecule has 5 atom stereocenters. The minimum atomic E-state index is -0.816. The average molecular weight is 723 g/mol. The predicted molar refractivity (Wildman–Crippen MR) is 196 cm³/mol. The number of nitrogens with one attached hydrogen (secondary N) is 2. The van der Waals surface area contributed by atoms with Gasteiger partial charge in [0, 0.05) is 37.2 Å². The summed E-state index contributed by atoms with van der Waals surface area (Å²) in [6.45, 7) is 2.37. The molecule has 3 N–H and O–H groups in total. The van der Waals surface area contributed by atoms with E-state index < -0.39 is 24.3 Å². The first-order valence-corrected chi connectivity index (χ1v) is 18.0. The average Bonchev–Trinajstić information content (AvgIpc) is 3.60. The number of tetrazole rings is 1. The largest absolute Gasteiger partial charge is 0.467 e. The number of nitrogens with zero attached hydrogens (tertiary/aromatic N) is 4. The number of ether oxygens (including phenoxy) is 3. The normalized spacial score (nSPS) is 19.1. The van der Waals surface area contributed by atoms with Crippen molar-refractivity contribution in [2.45, 2.75) is 56.2 Å². The molecule has 1 aliphatic rings. The maximum atomic E-state index is 12.8. The molecule has 2 amide bonds. The molecule has 1 saturated heterocycles. The maximum Gasteiger partial charge on any atom is 0.328 e. The monoisotopic (exact) mass is 722 g/mol. The third-order valence-electron chi connectivity index (χ3n) is 9.05. The van der Waals surface area contributed by atoms with Crippen LogP contribution in [-0.4, -0.2) is 62.3 Å². The number of amides is 2. The van der Waals surface area contributed by atoms with Crippen molar-refractivity contribution >= 4 is 23.8 Å². The summed E-state index contributed by atoms with van der Waals surface area (Å²) in [6.07, 6.45) is -0.691. The SMILES string of the molecule is COC(=O)C(Cc1ccccc1)NC(=O)NCc1cccc(-c2ccc(C3OC(CSc4nnnn4C)C(C)C(c4ccc(CO)cc4)O3)cc2)c1. The molecule has 52 heavy (non-hydrogen) atoms. The molecule has 0 aliphatic carbocycles. The molecule has 0 radical (unpaired) electrons. The molecule has 5 unspecified atom stereocenters. The van der Waals surface area contributed by atoms with Crippen molar-refractivity contribution in [2.24, 2.45) is 13.0 Å². The van der Waals surface area contributed by atoms with Crippen LogP contribution in [0.1, 0.15) is 47.1 Å². The van der Waals surface area contributed by atoms with Crippen LogP contribution in [0, 0.1) is 5.92 Å². The van der Waals surface area contributed by atoms with Gasteiger partial charge in [0.2, 0.25) is 5.16 Å². The fourth-order valence-electron chi connectivity index (χ4n) is 6.08. The van der Waals surface area contributed by atoms with Gasteiger partial charge in [0.1, 0.15) is 6.04 Å². The Balaban J connectivity index is 1.12. The van der Waals surface area contributed by atoms with Crippen molar-refractivity contribution < 1.29 is 28.9 Å². The van der Waals surface area contributed by atoms with Crippen LogP contribution in [0.4, 0.5) is 4.79 Å². The summed E-state index contributed by atoms with van der Waals surface area (Å²) in [7, 11) is 3.12. The summed E-state index contributed by atoms with van der Waals surface area (Å²) >= 11 is 1.54. The highest BCUT2D eigenvalue weighted by molar-refractivity contribution is 7.99. The summed E-state index contributed by atoms with van der Waals surface area (Å²) in [5.74, 6) is 0.148. The fraction of sp³-hybridized carbons (Fsp3) is 0.308. The number of carbonyl (C=O) groups excluding carboxylic acids is 2. The van der Waals surface area contributed by atoms with Crippen molar-refractivity contribution in [2.75, 3.05) is 12.9 Å². The molecule has 0 spiro atoms. The molecule has 1 fully saturated rings. The van der Waals surface area contributed by atoms with E-state index >= 15 is 0 Å². The summed E-state index contributed by atoms with van der Waals surface area (Å²) in [6, 6.07) is 32.0. The number of aliphatic hydroxyl groups excluding tert-OH is 1. The van der Waals surface area contributed by atoms with E-state index in [0.29, 0.717) is 17.3 Å². The molecular formula is C39H42N6O6S. The topological polar surface area (TPSA) is 150 Å². The summed E-state index contributed by atoms with van der Waals surface area (Å²) < 4.78 is 19.8. The minimum Gasteiger partial charge on any atom is -0.467 e. The number of thioether (sulfide) groups is 1. The Labute approximate surface area is 306 Å². The Morgan fingerprint density at radius 1 is 0.904 bits per heavy atom. The van der Waals surface area contributed by atoms with Crippen LogP contribution in [0.25, 0.3) is 11.1 Å². The lowest BCUT2D eigenvalue weighted by molar-refractivity contribution is -0.268. The van der Waals surface area contributed by atoms with Gasteiger partial charge in [-0.05, 0) is 49.9 Å². The molecule has 6 rings (SSSR count). The summed E-state index contributed by atoms with van der Waals surface area (Å²) in [5.41, 5.74) is 6.52. The van der Waals surface area contributed by atoms with Gasteiger partial charge in [-0.25, -0.2) is 14.3 Å². The molecule has 1 aromatic heterocycles. The first kappa shape index (κ1) is 36.7. The zero-order chi connectivity index (χ0) is 36.5. The van der Waals surface area contributed by atoms with Crippen molar-refractivity contribution in [1.29, 1.82) is 0 Å². The van der Waals surface area contributed by atoms with E-state index in [1.807, 2.05) is 110 Å². The third kappa shape index (κ3) is 9.22. The number of rotatable bonds is 13. The fourth-order valence-corrected chi connectivity index (χ4v) is 7.09. The minimum absolute atomic E-state index is 0.0220. The van der Waals surface area contributed by atoms with E-state index in [-0.39, 0.29) is 31.3 Å².